The number of ether oxygens (including phenoxy) is 1. The minimum Gasteiger partial charge on any atom is -0.378 e. The Hall–Kier alpha value is -3.72. The Kier molecular flexibility index (Phi) is 8.00. The lowest BCUT2D eigenvalue weighted by Crippen LogP contribution is -2.39. The number of fused-ring (bicyclic) bond motifs is 1. The van der Waals surface area contributed by atoms with Crippen LogP contribution in [0.4, 0.5) is 11.4 Å². The molecular formula is C27H33N5O4. The van der Waals surface area contributed by atoms with Crippen LogP contribution in [0, 0.1) is 5.92 Å². The van der Waals surface area contributed by atoms with Crippen LogP contribution in [-0.4, -0.2) is 65.9 Å². The summed E-state index contributed by atoms with van der Waals surface area (Å²) in [6, 6.07) is 14.6. The molecule has 1 aromatic heterocycles. The summed E-state index contributed by atoms with van der Waals surface area (Å²) in [6.45, 7) is 9.48. The molecule has 2 amide bonds. The van der Waals surface area contributed by atoms with E-state index in [1.165, 1.54) is 9.58 Å². The molecule has 0 unspecified atom stereocenters. The number of rotatable bonds is 8. The maximum atomic E-state index is 13.5. The average Bonchev–Trinajstić information content (AvgIpc) is 2.89. The van der Waals surface area contributed by atoms with E-state index < -0.39 is 0 Å². The number of carbonyl (C=O) groups is 2. The Morgan fingerprint density at radius 3 is 2.36 bits per heavy atom. The van der Waals surface area contributed by atoms with Crippen LogP contribution in [0.5, 0.6) is 0 Å². The van der Waals surface area contributed by atoms with Gasteiger partial charge in [0.2, 0.25) is 5.91 Å². The number of aromatic nitrogens is 2. The summed E-state index contributed by atoms with van der Waals surface area (Å²) >= 11 is 0. The summed E-state index contributed by atoms with van der Waals surface area (Å²) in [6.07, 6.45) is 0. The third kappa shape index (κ3) is 5.73. The summed E-state index contributed by atoms with van der Waals surface area (Å²) in [4.78, 5) is 42.9. The second-order valence-corrected chi connectivity index (χ2v) is 9.29. The molecule has 2 aromatic carbocycles. The zero-order valence-electron chi connectivity index (χ0n) is 21.1. The van der Waals surface area contributed by atoms with E-state index >= 15 is 0 Å². The summed E-state index contributed by atoms with van der Waals surface area (Å²) in [7, 11) is 0. The molecule has 0 bridgehead atoms. The molecule has 4 rings (SSSR count). The third-order valence-corrected chi connectivity index (χ3v) is 6.14. The van der Waals surface area contributed by atoms with Crippen LogP contribution < -0.4 is 15.8 Å². The molecule has 1 aliphatic rings. The number of likely N-dealkylation sites (N-methyl/N-ethyl adjacent to an activating group) is 1. The van der Waals surface area contributed by atoms with Crippen molar-refractivity contribution in [3.05, 3.63) is 64.6 Å². The zero-order chi connectivity index (χ0) is 25.7. The fourth-order valence-corrected chi connectivity index (χ4v) is 4.29. The number of nitrogens with zero attached hydrogens (tertiary/aromatic N) is 4. The smallest absolute Gasteiger partial charge is 0.275 e. The Balaban J connectivity index is 1.50. The molecule has 9 nitrogen and oxygen atoms in total. The van der Waals surface area contributed by atoms with Gasteiger partial charge < -0.3 is 19.9 Å². The lowest BCUT2D eigenvalue weighted by atomic mass is 10.1. The molecule has 0 aliphatic carbocycles. The standard InChI is InChI=1S/C27H33N5O4/c1-4-30(18-24(33)28-20-9-11-21(12-10-20)31-13-15-36-16-14-31)27(35)25-22-7-5-6-8-23(22)26(34)32(29-25)17-19(2)3/h5-12,19H,4,13-18H2,1-3H3,(H,28,33). The van der Waals surface area contributed by atoms with Crippen molar-refractivity contribution in [1.29, 1.82) is 0 Å². The number of nitrogens with one attached hydrogen (secondary N) is 1. The predicted octanol–water partition coefficient (Wildman–Crippen LogP) is 2.99. The van der Waals surface area contributed by atoms with Crippen LogP contribution >= 0.6 is 0 Å². The van der Waals surface area contributed by atoms with E-state index in [0.717, 1.165) is 18.8 Å². The quantitative estimate of drug-likeness (QED) is 0.520. The maximum absolute atomic E-state index is 13.5. The SMILES string of the molecule is CCN(CC(=O)Nc1ccc(N2CCOCC2)cc1)C(=O)c1nn(CC(C)C)c(=O)c2ccccc12. The van der Waals surface area contributed by atoms with Gasteiger partial charge in [-0.2, -0.15) is 5.10 Å². The number of hydrogen-bond donors (Lipinski definition) is 1. The minimum atomic E-state index is -0.385. The van der Waals surface area contributed by atoms with Gasteiger partial charge in [-0.15, -0.1) is 0 Å². The molecule has 1 aliphatic heterocycles. The van der Waals surface area contributed by atoms with E-state index in [9.17, 15) is 14.4 Å². The van der Waals surface area contributed by atoms with Crippen molar-refractivity contribution >= 4 is 34.0 Å². The van der Waals surface area contributed by atoms with Gasteiger partial charge in [0.05, 0.1) is 18.6 Å². The molecule has 190 valence electrons. The fourth-order valence-electron chi connectivity index (χ4n) is 4.29. The fraction of sp³-hybridized carbons (Fsp3) is 0.407. The molecular weight excluding hydrogens is 458 g/mol. The molecule has 0 atom stereocenters. The van der Waals surface area contributed by atoms with Crippen molar-refractivity contribution in [3.8, 4) is 0 Å². The Labute approximate surface area is 210 Å². The van der Waals surface area contributed by atoms with Crippen LogP contribution in [-0.2, 0) is 16.1 Å². The number of benzene rings is 2. The van der Waals surface area contributed by atoms with E-state index in [1.54, 1.807) is 24.3 Å². The highest BCUT2D eigenvalue weighted by Crippen LogP contribution is 2.20. The first-order chi connectivity index (χ1) is 17.4. The Morgan fingerprint density at radius 2 is 1.72 bits per heavy atom. The Bertz CT molecular complexity index is 1280. The average molecular weight is 492 g/mol. The zero-order valence-corrected chi connectivity index (χ0v) is 21.1. The van der Waals surface area contributed by atoms with Gasteiger partial charge in [0.25, 0.3) is 11.5 Å². The predicted molar refractivity (Wildman–Crippen MR) is 141 cm³/mol. The molecule has 3 aromatic rings. The van der Waals surface area contributed by atoms with Crippen molar-refractivity contribution in [2.24, 2.45) is 5.92 Å². The molecule has 1 saturated heterocycles. The second-order valence-electron chi connectivity index (χ2n) is 9.29. The van der Waals surface area contributed by atoms with Crippen molar-refractivity contribution in [1.82, 2.24) is 14.7 Å². The molecule has 1 N–H and O–H groups in total. The van der Waals surface area contributed by atoms with Crippen LogP contribution in [0.25, 0.3) is 10.8 Å². The first-order valence-electron chi connectivity index (χ1n) is 12.4. The van der Waals surface area contributed by atoms with Crippen LogP contribution in [0.15, 0.2) is 53.3 Å². The highest BCUT2D eigenvalue weighted by Gasteiger charge is 2.23. The van der Waals surface area contributed by atoms with E-state index in [2.05, 4.69) is 15.3 Å². The van der Waals surface area contributed by atoms with Crippen LogP contribution in [0.1, 0.15) is 31.3 Å². The summed E-state index contributed by atoms with van der Waals surface area (Å²) in [5, 5.41) is 8.23. The van der Waals surface area contributed by atoms with Crippen molar-refractivity contribution < 1.29 is 14.3 Å². The van der Waals surface area contributed by atoms with Gasteiger partial charge in [-0.1, -0.05) is 32.0 Å². The van der Waals surface area contributed by atoms with Gasteiger partial charge in [-0.05, 0) is 43.2 Å². The van der Waals surface area contributed by atoms with E-state index in [4.69, 9.17) is 4.74 Å². The monoisotopic (exact) mass is 491 g/mol. The molecule has 2 heterocycles. The molecule has 0 spiro atoms. The van der Waals surface area contributed by atoms with Crippen LogP contribution in [0.3, 0.4) is 0 Å². The summed E-state index contributed by atoms with van der Waals surface area (Å²) in [5.74, 6) is -0.504. The lowest BCUT2D eigenvalue weighted by Gasteiger charge is -2.29. The Morgan fingerprint density at radius 1 is 1.06 bits per heavy atom. The summed E-state index contributed by atoms with van der Waals surface area (Å²) < 4.78 is 6.75. The molecule has 1 fully saturated rings. The second kappa shape index (κ2) is 11.3. The maximum Gasteiger partial charge on any atom is 0.275 e. The molecule has 9 heteroatoms. The number of carbonyl (C=O) groups excluding carboxylic acids is 2. The van der Waals surface area contributed by atoms with Gasteiger partial charge in [-0.3, -0.25) is 14.4 Å². The van der Waals surface area contributed by atoms with Crippen molar-refractivity contribution in [3.63, 3.8) is 0 Å². The van der Waals surface area contributed by atoms with Gasteiger partial charge >= 0.3 is 0 Å². The highest BCUT2D eigenvalue weighted by molar-refractivity contribution is 6.06. The number of morpholine rings is 1. The van der Waals surface area contributed by atoms with Gasteiger partial charge in [0.15, 0.2) is 5.69 Å². The molecule has 0 saturated carbocycles. The molecule has 36 heavy (non-hydrogen) atoms. The van der Waals surface area contributed by atoms with E-state index in [1.807, 2.05) is 45.0 Å². The topological polar surface area (TPSA) is 96.8 Å². The lowest BCUT2D eigenvalue weighted by molar-refractivity contribution is -0.116. The van der Waals surface area contributed by atoms with Crippen LogP contribution in [0.2, 0.25) is 0 Å². The van der Waals surface area contributed by atoms with E-state index in [0.29, 0.717) is 42.8 Å². The molecule has 0 radical (unpaired) electrons. The largest absolute Gasteiger partial charge is 0.378 e. The summed E-state index contributed by atoms with van der Waals surface area (Å²) in [5.41, 5.74) is 1.69. The van der Waals surface area contributed by atoms with E-state index in [-0.39, 0.29) is 35.5 Å². The number of amides is 2. The normalized spacial score (nSPS) is 13.7. The van der Waals surface area contributed by atoms with Gasteiger partial charge in [0.1, 0.15) is 6.54 Å². The first-order valence-corrected chi connectivity index (χ1v) is 12.4. The number of hydrogen-bond acceptors (Lipinski definition) is 6. The first kappa shape index (κ1) is 25.4. The highest BCUT2D eigenvalue weighted by atomic mass is 16.5. The number of anilines is 2. The van der Waals surface area contributed by atoms with Crippen molar-refractivity contribution in [2.75, 3.05) is 49.6 Å². The van der Waals surface area contributed by atoms with Gasteiger partial charge in [0, 0.05) is 42.9 Å². The van der Waals surface area contributed by atoms with Gasteiger partial charge in [-0.25, -0.2) is 4.68 Å². The third-order valence-electron chi connectivity index (χ3n) is 6.14. The minimum absolute atomic E-state index is 0.125. The van der Waals surface area contributed by atoms with Crippen molar-refractivity contribution in [2.45, 2.75) is 27.3 Å².